The molecule has 1 heterocycles. The summed E-state index contributed by atoms with van der Waals surface area (Å²) in [6.45, 7) is 0.499. The Kier molecular flexibility index (Phi) is 0.637. The molecule has 1 atom stereocenters. The molecule has 1 aromatic rings. The lowest BCUT2D eigenvalue weighted by atomic mass is 10.2. The lowest BCUT2D eigenvalue weighted by Gasteiger charge is -1.94. The summed E-state index contributed by atoms with van der Waals surface area (Å²) in [7, 11) is 0. The van der Waals surface area contributed by atoms with E-state index in [1.54, 1.807) is 0 Å². The first-order chi connectivity index (χ1) is 5.29. The summed E-state index contributed by atoms with van der Waals surface area (Å²) >= 11 is 0. The molecule has 0 bridgehead atoms. The predicted octanol–water partition coefficient (Wildman–Crippen LogP) is 1.65. The zero-order chi connectivity index (χ0) is 7.84. The van der Waals surface area contributed by atoms with E-state index in [-0.39, 0.29) is 6.40 Å². The van der Waals surface area contributed by atoms with Gasteiger partial charge in [0.25, 0.3) is 0 Å². The van der Waals surface area contributed by atoms with Crippen molar-refractivity contribution in [3.05, 3.63) is 29.8 Å². The summed E-state index contributed by atoms with van der Waals surface area (Å²) < 4.78 is 15.0. The van der Waals surface area contributed by atoms with E-state index in [1.807, 2.05) is 24.3 Å². The van der Waals surface area contributed by atoms with Gasteiger partial charge in [0.05, 0.1) is 0 Å². The summed E-state index contributed by atoms with van der Waals surface area (Å²) in [6, 6.07) is 7.62. The first kappa shape index (κ1) is 3.25. The molecule has 1 unspecified atom stereocenters. The second-order valence-electron chi connectivity index (χ2n) is 2.10. The standard InChI is InChI=1S/C8H9N/c1-2-4-8-7(3-1)5-6-9-8/h1-4,9H,5-6H2/i5D/hD. The van der Waals surface area contributed by atoms with Crippen molar-refractivity contribution in [2.24, 2.45) is 0 Å². The SMILES string of the molecule is [2H]C1CN([2H])c2ccccc21. The Bertz CT molecular complexity index is 248. The maximum absolute atomic E-state index is 7.58. The van der Waals surface area contributed by atoms with Crippen LogP contribution < -0.4 is 5.31 Å². The topological polar surface area (TPSA) is 12.0 Å². The Hall–Kier alpha value is -0.980. The van der Waals surface area contributed by atoms with Gasteiger partial charge in [-0.15, -0.1) is 0 Å². The first-order valence-electron chi connectivity index (χ1n) is 4.09. The molecule has 0 fully saturated rings. The highest BCUT2D eigenvalue weighted by Crippen LogP contribution is 2.19. The lowest BCUT2D eigenvalue weighted by Crippen LogP contribution is -1.90. The fraction of sp³-hybridized carbons (Fsp3) is 0.250. The van der Waals surface area contributed by atoms with Gasteiger partial charge in [0.15, 0.2) is 1.41 Å². The molecule has 1 aromatic carbocycles. The fourth-order valence-corrected chi connectivity index (χ4v) is 1.05. The second-order valence-corrected chi connectivity index (χ2v) is 2.10. The molecule has 1 nitrogen and oxygen atoms in total. The van der Waals surface area contributed by atoms with Gasteiger partial charge in [0.2, 0.25) is 0 Å². The third kappa shape index (κ3) is 0.689. The Morgan fingerprint density at radius 3 is 3.33 bits per heavy atom. The summed E-state index contributed by atoms with van der Waals surface area (Å²) in [5.41, 5.74) is 1.86. The lowest BCUT2D eigenvalue weighted by molar-refractivity contribution is 1.11. The van der Waals surface area contributed by atoms with Gasteiger partial charge in [-0.1, -0.05) is 18.2 Å². The van der Waals surface area contributed by atoms with Crippen molar-refractivity contribution in [3.63, 3.8) is 0 Å². The fourth-order valence-electron chi connectivity index (χ4n) is 1.05. The smallest absolute Gasteiger partial charge is 0.160 e. The number of hydrogen-bond acceptors (Lipinski definition) is 1. The van der Waals surface area contributed by atoms with Gasteiger partial charge in [-0.3, -0.25) is 0 Å². The molecule has 2 rings (SSSR count). The Labute approximate surface area is 57.6 Å². The average Bonchev–Trinajstić information content (AvgIpc) is 2.30. The molecule has 1 heteroatoms. The molecule has 1 N–H and O–H groups in total. The van der Waals surface area contributed by atoms with E-state index in [0.29, 0.717) is 6.54 Å². The van der Waals surface area contributed by atoms with Crippen LogP contribution in [0.3, 0.4) is 0 Å². The van der Waals surface area contributed by atoms with Crippen molar-refractivity contribution in [2.45, 2.75) is 6.40 Å². The number of rotatable bonds is 0. The molecular weight excluding hydrogens is 110 g/mol. The zero-order valence-corrected chi connectivity index (χ0v) is 5.04. The number of benzene rings is 1. The van der Waals surface area contributed by atoms with Crippen molar-refractivity contribution in [1.29, 1.82) is 0 Å². The van der Waals surface area contributed by atoms with E-state index in [2.05, 4.69) is 0 Å². The first-order valence-corrected chi connectivity index (χ1v) is 3.06. The highest BCUT2D eigenvalue weighted by Gasteiger charge is 2.05. The van der Waals surface area contributed by atoms with Crippen LogP contribution in [0.1, 0.15) is 6.93 Å². The molecule has 1 aliphatic rings. The van der Waals surface area contributed by atoms with Crippen molar-refractivity contribution in [3.8, 4) is 0 Å². The van der Waals surface area contributed by atoms with Crippen molar-refractivity contribution >= 4 is 5.69 Å². The second kappa shape index (κ2) is 1.76. The molecule has 0 spiro atoms. The summed E-state index contributed by atoms with van der Waals surface area (Å²) in [4.78, 5) is 0. The van der Waals surface area contributed by atoms with E-state index < -0.39 is 0 Å². The van der Waals surface area contributed by atoms with Crippen molar-refractivity contribution in [2.75, 3.05) is 11.9 Å². The maximum atomic E-state index is 7.58. The Balaban J connectivity index is 2.52. The molecular formula is C8H9N. The summed E-state index contributed by atoms with van der Waals surface area (Å²) in [6.07, 6.45) is -0.233. The van der Waals surface area contributed by atoms with Gasteiger partial charge in [0, 0.05) is 13.6 Å². The van der Waals surface area contributed by atoms with E-state index in [1.165, 1.54) is 5.31 Å². The van der Waals surface area contributed by atoms with Gasteiger partial charge >= 0.3 is 0 Å². The normalized spacial score (nSPS) is 27.1. The zero-order valence-electron chi connectivity index (χ0n) is 7.04. The number of para-hydroxylation sites is 1. The van der Waals surface area contributed by atoms with Crippen LogP contribution >= 0.6 is 0 Å². The van der Waals surface area contributed by atoms with Gasteiger partial charge < -0.3 is 5.31 Å². The minimum Gasteiger partial charge on any atom is -0.384 e. The van der Waals surface area contributed by atoms with Gasteiger partial charge in [-0.2, -0.15) is 0 Å². The van der Waals surface area contributed by atoms with Crippen LogP contribution in [0.5, 0.6) is 0 Å². The largest absolute Gasteiger partial charge is 0.384 e. The number of hydrogen-bond donors (Lipinski definition) is 1. The minimum absolute atomic E-state index is 0.233. The predicted molar refractivity (Wildman–Crippen MR) is 38.6 cm³/mol. The maximum Gasteiger partial charge on any atom is 0.160 e. The summed E-state index contributed by atoms with van der Waals surface area (Å²) in [5, 5.41) is 1.38. The quantitative estimate of drug-likeness (QED) is 0.550. The third-order valence-electron chi connectivity index (χ3n) is 1.51. The van der Waals surface area contributed by atoms with Crippen LogP contribution in [0.25, 0.3) is 0 Å². The van der Waals surface area contributed by atoms with E-state index in [4.69, 9.17) is 2.78 Å². The number of anilines is 1. The highest BCUT2D eigenvalue weighted by molar-refractivity contribution is 5.54. The third-order valence-corrected chi connectivity index (χ3v) is 1.51. The van der Waals surface area contributed by atoms with Gasteiger partial charge in [-0.05, 0) is 18.0 Å². The Morgan fingerprint density at radius 1 is 1.56 bits per heavy atom. The molecule has 0 saturated carbocycles. The Morgan fingerprint density at radius 2 is 2.44 bits per heavy atom. The molecule has 0 radical (unpaired) electrons. The van der Waals surface area contributed by atoms with Crippen LogP contribution in [-0.4, -0.2) is 6.54 Å². The molecule has 0 amide bonds. The van der Waals surface area contributed by atoms with Crippen molar-refractivity contribution < 1.29 is 2.78 Å². The van der Waals surface area contributed by atoms with Crippen LogP contribution in [0, 0.1) is 0 Å². The summed E-state index contributed by atoms with van der Waals surface area (Å²) in [5.74, 6) is 0. The molecule has 46 valence electrons. The van der Waals surface area contributed by atoms with Gasteiger partial charge in [0.1, 0.15) is 0 Å². The molecule has 0 aromatic heterocycles. The number of nitrogens with one attached hydrogen (secondary N) is 1. The van der Waals surface area contributed by atoms with Crippen LogP contribution in [0.15, 0.2) is 24.3 Å². The monoisotopic (exact) mass is 121 g/mol. The van der Waals surface area contributed by atoms with E-state index in [9.17, 15) is 0 Å². The number of fused-ring (bicyclic) bond motifs is 1. The molecule has 0 saturated heterocycles. The van der Waals surface area contributed by atoms with Crippen LogP contribution in [-0.2, 0) is 6.40 Å². The van der Waals surface area contributed by atoms with E-state index >= 15 is 0 Å². The molecule has 9 heavy (non-hydrogen) atoms. The van der Waals surface area contributed by atoms with Crippen LogP contribution in [0.2, 0.25) is 1.41 Å². The van der Waals surface area contributed by atoms with Gasteiger partial charge in [-0.25, -0.2) is 0 Å². The minimum atomic E-state index is -0.233. The highest BCUT2D eigenvalue weighted by atomic mass is 14.9. The van der Waals surface area contributed by atoms with Crippen LogP contribution in [0.4, 0.5) is 5.69 Å². The van der Waals surface area contributed by atoms with E-state index in [0.717, 1.165) is 11.3 Å². The molecule has 1 aliphatic heterocycles. The molecule has 0 aliphatic carbocycles. The average molecular weight is 121 g/mol. The van der Waals surface area contributed by atoms with Crippen molar-refractivity contribution in [1.82, 2.24) is 0 Å².